The van der Waals surface area contributed by atoms with Crippen molar-refractivity contribution in [2.24, 2.45) is 0 Å². The largest absolute Gasteiger partial charge is 0.372 e. The molecule has 0 radical (unpaired) electrons. The Balaban J connectivity index is 2.40. The number of methoxy groups -OCH3 is 1. The van der Waals surface area contributed by atoms with Gasteiger partial charge in [-0.25, -0.2) is 4.98 Å². The number of hydrogen-bond acceptors (Lipinski definition) is 3. The molecule has 0 spiro atoms. The third kappa shape index (κ3) is 2.79. The van der Waals surface area contributed by atoms with Crippen LogP contribution in [-0.4, -0.2) is 28.7 Å². The summed E-state index contributed by atoms with van der Waals surface area (Å²) in [6, 6.07) is 5.83. The summed E-state index contributed by atoms with van der Waals surface area (Å²) in [5.74, 6) is 0.344. The van der Waals surface area contributed by atoms with Crippen molar-refractivity contribution < 1.29 is 9.53 Å². The van der Waals surface area contributed by atoms with E-state index >= 15 is 0 Å². The monoisotopic (exact) mass is 325 g/mol. The quantitative estimate of drug-likeness (QED) is 0.940. The molecule has 0 aliphatic heterocycles. The number of carbonyl (C=O) groups is 1. The Morgan fingerprint density at radius 3 is 2.95 bits per heavy atom. The van der Waals surface area contributed by atoms with E-state index in [1.54, 1.807) is 6.92 Å². The van der Waals surface area contributed by atoms with E-state index in [0.717, 1.165) is 22.1 Å². The van der Waals surface area contributed by atoms with Crippen LogP contribution in [0.4, 0.5) is 5.95 Å². The molecule has 1 heterocycles. The maximum Gasteiger partial charge on any atom is 0.255 e. The van der Waals surface area contributed by atoms with Gasteiger partial charge in [0.05, 0.1) is 11.0 Å². The Bertz CT molecular complexity index is 609. The molecular formula is C13H16BrN3O2. The molecule has 1 aromatic heterocycles. The fraction of sp³-hybridized carbons (Fsp3) is 0.385. The lowest BCUT2D eigenvalue weighted by atomic mass is 10.3. The van der Waals surface area contributed by atoms with Crippen LogP contribution < -0.4 is 5.32 Å². The van der Waals surface area contributed by atoms with Crippen LogP contribution in [-0.2, 0) is 16.1 Å². The number of aryl methyl sites for hydroxylation is 1. The fourth-order valence-electron chi connectivity index (χ4n) is 1.83. The highest BCUT2D eigenvalue weighted by atomic mass is 79.9. The zero-order chi connectivity index (χ0) is 14.0. The molecule has 0 saturated heterocycles. The van der Waals surface area contributed by atoms with Gasteiger partial charge in [0.2, 0.25) is 5.95 Å². The van der Waals surface area contributed by atoms with E-state index in [9.17, 15) is 4.79 Å². The molecule has 0 saturated carbocycles. The van der Waals surface area contributed by atoms with Crippen LogP contribution in [0.1, 0.15) is 13.8 Å². The highest BCUT2D eigenvalue weighted by Crippen LogP contribution is 2.23. The van der Waals surface area contributed by atoms with Gasteiger partial charge in [-0.3, -0.25) is 10.1 Å². The van der Waals surface area contributed by atoms with Gasteiger partial charge in [-0.1, -0.05) is 15.9 Å². The zero-order valence-electron chi connectivity index (χ0n) is 11.1. The molecule has 0 unspecified atom stereocenters. The Hall–Kier alpha value is -1.40. The summed E-state index contributed by atoms with van der Waals surface area (Å²) in [6.45, 7) is 4.44. The first-order valence-electron chi connectivity index (χ1n) is 6.06. The molecule has 6 heteroatoms. The summed E-state index contributed by atoms with van der Waals surface area (Å²) in [4.78, 5) is 16.3. The molecular weight excluding hydrogens is 310 g/mol. The second-order valence-electron chi connectivity index (χ2n) is 4.18. The third-order valence-electron chi connectivity index (χ3n) is 2.98. The van der Waals surface area contributed by atoms with Crippen molar-refractivity contribution in [3.8, 4) is 0 Å². The van der Waals surface area contributed by atoms with E-state index in [0.29, 0.717) is 5.95 Å². The molecule has 2 aromatic rings. The number of anilines is 1. The summed E-state index contributed by atoms with van der Waals surface area (Å²) in [6.07, 6.45) is -0.503. The first kappa shape index (κ1) is 14.0. The van der Waals surface area contributed by atoms with Crippen LogP contribution in [0, 0.1) is 0 Å². The van der Waals surface area contributed by atoms with Crippen molar-refractivity contribution in [1.82, 2.24) is 9.55 Å². The highest BCUT2D eigenvalue weighted by Gasteiger charge is 2.16. The van der Waals surface area contributed by atoms with Gasteiger partial charge in [0.25, 0.3) is 5.91 Å². The Kier molecular flexibility index (Phi) is 4.21. The Labute approximate surface area is 120 Å². The lowest BCUT2D eigenvalue weighted by molar-refractivity contribution is -0.124. The maximum atomic E-state index is 11.9. The standard InChI is InChI=1S/C13H16BrN3O2/c1-4-17-11-7-9(14)5-6-10(11)15-13(17)16-12(18)8(2)19-3/h5-8H,4H2,1-3H3,(H,15,16,18)/t8-/m0/s1. The topological polar surface area (TPSA) is 56.2 Å². The number of fused-ring (bicyclic) bond motifs is 1. The third-order valence-corrected chi connectivity index (χ3v) is 3.48. The lowest BCUT2D eigenvalue weighted by Crippen LogP contribution is -2.28. The van der Waals surface area contributed by atoms with Crippen molar-refractivity contribution in [2.45, 2.75) is 26.5 Å². The van der Waals surface area contributed by atoms with Gasteiger partial charge in [0.15, 0.2) is 0 Å². The minimum atomic E-state index is -0.503. The Morgan fingerprint density at radius 1 is 1.58 bits per heavy atom. The molecule has 5 nitrogen and oxygen atoms in total. The van der Waals surface area contributed by atoms with Crippen LogP contribution >= 0.6 is 15.9 Å². The number of amides is 1. The molecule has 0 fully saturated rings. The van der Waals surface area contributed by atoms with E-state index in [2.05, 4.69) is 26.2 Å². The molecule has 19 heavy (non-hydrogen) atoms. The summed E-state index contributed by atoms with van der Waals surface area (Å²) in [5, 5.41) is 2.79. The second kappa shape index (κ2) is 5.71. The van der Waals surface area contributed by atoms with Gasteiger partial charge in [-0.05, 0) is 32.0 Å². The molecule has 0 aliphatic carbocycles. The lowest BCUT2D eigenvalue weighted by Gasteiger charge is -2.11. The fourth-order valence-corrected chi connectivity index (χ4v) is 2.18. The van der Waals surface area contributed by atoms with Crippen molar-refractivity contribution in [2.75, 3.05) is 12.4 Å². The van der Waals surface area contributed by atoms with E-state index in [4.69, 9.17) is 4.74 Å². The summed E-state index contributed by atoms with van der Waals surface area (Å²) in [5.41, 5.74) is 1.84. The summed E-state index contributed by atoms with van der Waals surface area (Å²) in [7, 11) is 1.50. The number of benzene rings is 1. The number of aromatic nitrogens is 2. The van der Waals surface area contributed by atoms with Gasteiger partial charge < -0.3 is 9.30 Å². The number of hydrogen-bond donors (Lipinski definition) is 1. The van der Waals surface area contributed by atoms with E-state index in [1.807, 2.05) is 29.7 Å². The molecule has 102 valence electrons. The van der Waals surface area contributed by atoms with Crippen molar-refractivity contribution >= 4 is 38.8 Å². The van der Waals surface area contributed by atoms with E-state index in [-0.39, 0.29) is 5.91 Å². The van der Waals surface area contributed by atoms with E-state index < -0.39 is 6.10 Å². The Morgan fingerprint density at radius 2 is 2.32 bits per heavy atom. The van der Waals surface area contributed by atoms with Gasteiger partial charge >= 0.3 is 0 Å². The summed E-state index contributed by atoms with van der Waals surface area (Å²) < 4.78 is 7.94. The van der Waals surface area contributed by atoms with Crippen molar-refractivity contribution in [3.05, 3.63) is 22.7 Å². The van der Waals surface area contributed by atoms with E-state index in [1.165, 1.54) is 7.11 Å². The minimum Gasteiger partial charge on any atom is -0.372 e. The van der Waals surface area contributed by atoms with Crippen LogP contribution in [0.5, 0.6) is 0 Å². The number of ether oxygens (including phenoxy) is 1. The molecule has 0 bridgehead atoms. The number of imidazole rings is 1. The number of rotatable bonds is 4. The van der Waals surface area contributed by atoms with Crippen LogP contribution in [0.25, 0.3) is 11.0 Å². The summed E-state index contributed by atoms with van der Waals surface area (Å²) >= 11 is 3.44. The SMILES string of the molecule is CCn1c(NC(=O)[C@H](C)OC)nc2ccc(Br)cc21. The van der Waals surface area contributed by atoms with Gasteiger partial charge in [0, 0.05) is 18.1 Å². The molecule has 2 rings (SSSR count). The number of halogens is 1. The first-order chi connectivity index (χ1) is 9.06. The smallest absolute Gasteiger partial charge is 0.255 e. The molecule has 1 aromatic carbocycles. The van der Waals surface area contributed by atoms with Crippen molar-refractivity contribution in [3.63, 3.8) is 0 Å². The van der Waals surface area contributed by atoms with Gasteiger partial charge in [-0.15, -0.1) is 0 Å². The van der Waals surface area contributed by atoms with Crippen molar-refractivity contribution in [1.29, 1.82) is 0 Å². The highest BCUT2D eigenvalue weighted by molar-refractivity contribution is 9.10. The molecule has 1 N–H and O–H groups in total. The number of nitrogens with zero attached hydrogens (tertiary/aromatic N) is 2. The normalized spacial score (nSPS) is 12.6. The molecule has 1 amide bonds. The predicted molar refractivity (Wildman–Crippen MR) is 78.2 cm³/mol. The maximum absolute atomic E-state index is 11.9. The average molecular weight is 326 g/mol. The molecule has 0 aliphatic rings. The second-order valence-corrected chi connectivity index (χ2v) is 5.10. The van der Waals surface area contributed by atoms with Crippen LogP contribution in [0.2, 0.25) is 0 Å². The molecule has 1 atom stereocenters. The average Bonchev–Trinajstić information content (AvgIpc) is 2.74. The number of nitrogens with one attached hydrogen (secondary N) is 1. The van der Waals surface area contributed by atoms with Crippen LogP contribution in [0.15, 0.2) is 22.7 Å². The van der Waals surface area contributed by atoms with Gasteiger partial charge in [0.1, 0.15) is 6.10 Å². The van der Waals surface area contributed by atoms with Gasteiger partial charge in [-0.2, -0.15) is 0 Å². The predicted octanol–water partition coefficient (Wildman–Crippen LogP) is 2.79. The zero-order valence-corrected chi connectivity index (χ0v) is 12.7. The first-order valence-corrected chi connectivity index (χ1v) is 6.85. The minimum absolute atomic E-state index is 0.202. The number of carbonyl (C=O) groups excluding carboxylic acids is 1. The van der Waals surface area contributed by atoms with Crippen LogP contribution in [0.3, 0.4) is 0 Å².